The summed E-state index contributed by atoms with van der Waals surface area (Å²) in [6.45, 7) is 0. The largest absolute Gasteiger partial charge is 0.509 e. The van der Waals surface area contributed by atoms with Gasteiger partial charge in [-0.3, -0.25) is 4.79 Å². The molecule has 3 N–H and O–H groups in total. The van der Waals surface area contributed by atoms with Gasteiger partial charge in [-0.1, -0.05) is 0 Å². The summed E-state index contributed by atoms with van der Waals surface area (Å²) in [7, 11) is -2.18. The standard InChI is InChI=1S/C4H6NO3P/c5-4(6)2-1-3-9(7)8/h1-2H,3H2,(H2-,5,6,7,8)/p+1. The van der Waals surface area contributed by atoms with Crippen LogP contribution in [0, 0.1) is 0 Å². The normalized spacial score (nSPS) is 11.9. The average Bonchev–Trinajstić information content (AvgIpc) is 1.63. The van der Waals surface area contributed by atoms with Crippen molar-refractivity contribution in [2.45, 2.75) is 0 Å². The topological polar surface area (TPSA) is 80.4 Å². The molecule has 1 amide bonds. The van der Waals surface area contributed by atoms with Crippen LogP contribution in [-0.4, -0.2) is 17.0 Å². The van der Waals surface area contributed by atoms with Crippen molar-refractivity contribution in [3.8, 4) is 0 Å². The predicted molar refractivity (Wildman–Crippen MR) is 33.0 cm³/mol. The zero-order valence-corrected chi connectivity index (χ0v) is 5.54. The van der Waals surface area contributed by atoms with Crippen molar-refractivity contribution in [1.29, 1.82) is 0 Å². The summed E-state index contributed by atoms with van der Waals surface area (Å²) in [5, 5.41) is 0. The Morgan fingerprint density at radius 3 is 2.67 bits per heavy atom. The fourth-order valence-corrected chi connectivity index (χ4v) is 0.545. The summed E-state index contributed by atoms with van der Waals surface area (Å²) in [4.78, 5) is 18.1. The van der Waals surface area contributed by atoms with E-state index >= 15 is 0 Å². The second-order valence-corrected chi connectivity index (χ2v) is 2.41. The Kier molecular flexibility index (Phi) is 3.84. The Morgan fingerprint density at radius 2 is 2.33 bits per heavy atom. The van der Waals surface area contributed by atoms with Gasteiger partial charge in [-0.25, -0.2) is 0 Å². The molecule has 0 saturated carbocycles. The first-order valence-electron chi connectivity index (χ1n) is 2.22. The highest BCUT2D eigenvalue weighted by molar-refractivity contribution is 7.38. The van der Waals surface area contributed by atoms with Crippen molar-refractivity contribution in [2.75, 3.05) is 6.16 Å². The Morgan fingerprint density at radius 1 is 1.78 bits per heavy atom. The quantitative estimate of drug-likeness (QED) is 0.428. The van der Waals surface area contributed by atoms with Gasteiger partial charge in [0.05, 0.1) is 0 Å². The van der Waals surface area contributed by atoms with Gasteiger partial charge in [-0.05, 0) is 10.6 Å². The first-order chi connectivity index (χ1) is 4.13. The molecular formula is C4H7NO3P+. The highest BCUT2D eigenvalue weighted by atomic mass is 31.1. The van der Waals surface area contributed by atoms with Crippen molar-refractivity contribution >= 4 is 13.9 Å². The molecule has 0 aliphatic carbocycles. The van der Waals surface area contributed by atoms with Crippen LogP contribution in [0.25, 0.3) is 0 Å². The van der Waals surface area contributed by atoms with Crippen LogP contribution >= 0.6 is 8.03 Å². The third kappa shape index (κ3) is 7.27. The van der Waals surface area contributed by atoms with Gasteiger partial charge in [0.15, 0.2) is 6.16 Å². The molecule has 0 radical (unpaired) electrons. The van der Waals surface area contributed by atoms with Gasteiger partial charge in [-0.2, -0.15) is 4.89 Å². The smallest absolute Gasteiger partial charge is 0.366 e. The minimum atomic E-state index is -2.18. The lowest BCUT2D eigenvalue weighted by Crippen LogP contribution is -2.05. The summed E-state index contributed by atoms with van der Waals surface area (Å²) >= 11 is 0. The molecule has 0 aliphatic heterocycles. The van der Waals surface area contributed by atoms with Crippen molar-refractivity contribution in [2.24, 2.45) is 5.73 Å². The van der Waals surface area contributed by atoms with Gasteiger partial charge in [0.25, 0.3) is 0 Å². The van der Waals surface area contributed by atoms with Crippen LogP contribution in [0.15, 0.2) is 12.2 Å². The van der Waals surface area contributed by atoms with Crippen LogP contribution < -0.4 is 5.73 Å². The Bertz CT molecular complexity index is 154. The van der Waals surface area contributed by atoms with E-state index in [2.05, 4.69) is 5.73 Å². The molecule has 0 saturated heterocycles. The van der Waals surface area contributed by atoms with Gasteiger partial charge in [0.2, 0.25) is 5.91 Å². The Labute approximate surface area is 53.2 Å². The SMILES string of the molecule is NC(=O)C=CC[P+](=O)O. The molecule has 0 aromatic rings. The molecule has 0 aromatic carbocycles. The van der Waals surface area contributed by atoms with Crippen LogP contribution in [0.1, 0.15) is 0 Å². The zero-order chi connectivity index (χ0) is 7.28. The lowest BCUT2D eigenvalue weighted by atomic mass is 10.5. The molecule has 0 spiro atoms. The van der Waals surface area contributed by atoms with Gasteiger partial charge in [0.1, 0.15) is 0 Å². The predicted octanol–water partition coefficient (Wildman–Crippen LogP) is -0.237. The van der Waals surface area contributed by atoms with Gasteiger partial charge >= 0.3 is 8.03 Å². The highest BCUT2D eigenvalue weighted by Gasteiger charge is 2.03. The van der Waals surface area contributed by atoms with Crippen LogP contribution in [-0.2, 0) is 9.36 Å². The summed E-state index contributed by atoms with van der Waals surface area (Å²) in [6, 6.07) is 0. The molecule has 4 nitrogen and oxygen atoms in total. The van der Waals surface area contributed by atoms with Crippen molar-refractivity contribution in [3.05, 3.63) is 12.2 Å². The molecule has 0 heterocycles. The van der Waals surface area contributed by atoms with Crippen LogP contribution in [0.3, 0.4) is 0 Å². The van der Waals surface area contributed by atoms with E-state index in [-0.39, 0.29) is 6.16 Å². The van der Waals surface area contributed by atoms with E-state index in [0.717, 1.165) is 6.08 Å². The number of rotatable bonds is 3. The lowest BCUT2D eigenvalue weighted by Gasteiger charge is -1.72. The van der Waals surface area contributed by atoms with Crippen LogP contribution in [0.2, 0.25) is 0 Å². The van der Waals surface area contributed by atoms with E-state index in [1.54, 1.807) is 0 Å². The second-order valence-electron chi connectivity index (χ2n) is 1.34. The molecule has 1 unspecified atom stereocenters. The number of amides is 1. The van der Waals surface area contributed by atoms with E-state index in [0.29, 0.717) is 0 Å². The summed E-state index contributed by atoms with van der Waals surface area (Å²) in [6.07, 6.45) is 2.31. The monoisotopic (exact) mass is 148 g/mol. The van der Waals surface area contributed by atoms with Crippen molar-refractivity contribution in [1.82, 2.24) is 0 Å². The summed E-state index contributed by atoms with van der Waals surface area (Å²) < 4.78 is 9.93. The number of allylic oxidation sites excluding steroid dienone is 1. The third-order valence-corrected chi connectivity index (χ3v) is 1.07. The first-order valence-corrected chi connectivity index (χ1v) is 3.62. The lowest BCUT2D eigenvalue weighted by molar-refractivity contribution is -0.113. The van der Waals surface area contributed by atoms with E-state index in [1.165, 1.54) is 6.08 Å². The maximum Gasteiger partial charge on any atom is 0.509 e. The second kappa shape index (κ2) is 4.18. The zero-order valence-electron chi connectivity index (χ0n) is 4.65. The molecule has 1 atom stereocenters. The fourth-order valence-electron chi connectivity index (χ4n) is 0.259. The fraction of sp³-hybridized carbons (Fsp3) is 0.250. The molecule has 9 heavy (non-hydrogen) atoms. The molecule has 0 bridgehead atoms. The molecule has 0 aliphatic rings. The molecule has 50 valence electrons. The van der Waals surface area contributed by atoms with Crippen molar-refractivity contribution < 1.29 is 14.3 Å². The van der Waals surface area contributed by atoms with Gasteiger partial charge < -0.3 is 5.73 Å². The number of carbonyl (C=O) groups is 1. The number of hydrogen-bond donors (Lipinski definition) is 2. The first kappa shape index (κ1) is 8.27. The summed E-state index contributed by atoms with van der Waals surface area (Å²) in [5.74, 6) is -0.605. The Hall–Kier alpha value is -0.730. The number of carbonyl (C=O) groups excluding carboxylic acids is 1. The molecule has 0 aromatic heterocycles. The summed E-state index contributed by atoms with van der Waals surface area (Å²) in [5.41, 5.74) is 4.68. The van der Waals surface area contributed by atoms with Crippen LogP contribution in [0.4, 0.5) is 0 Å². The minimum Gasteiger partial charge on any atom is -0.366 e. The minimum absolute atomic E-state index is 0.0156. The van der Waals surface area contributed by atoms with Gasteiger partial charge in [-0.15, -0.1) is 0 Å². The van der Waals surface area contributed by atoms with E-state index in [4.69, 9.17) is 4.89 Å². The molecule has 5 heteroatoms. The Balaban J connectivity index is 3.48. The average molecular weight is 148 g/mol. The molecular weight excluding hydrogens is 141 g/mol. The highest BCUT2D eigenvalue weighted by Crippen LogP contribution is 2.10. The van der Waals surface area contributed by atoms with Crippen molar-refractivity contribution in [3.63, 3.8) is 0 Å². The molecule has 0 rings (SSSR count). The van der Waals surface area contributed by atoms with Crippen LogP contribution in [0.5, 0.6) is 0 Å². The third-order valence-electron chi connectivity index (χ3n) is 0.544. The van der Waals surface area contributed by atoms with E-state index < -0.39 is 13.9 Å². The van der Waals surface area contributed by atoms with Gasteiger partial charge in [0, 0.05) is 6.08 Å². The molecule has 0 fully saturated rings. The number of hydrogen-bond acceptors (Lipinski definition) is 2. The van der Waals surface area contributed by atoms with E-state index in [9.17, 15) is 9.36 Å². The number of primary amides is 1. The maximum absolute atomic E-state index is 9.94. The van der Waals surface area contributed by atoms with E-state index in [1.807, 2.05) is 0 Å². The number of nitrogens with two attached hydrogens (primary N) is 1. The maximum atomic E-state index is 9.94.